The molecule has 0 bridgehead atoms. The minimum Gasteiger partial charge on any atom is -0.394 e. The first kappa shape index (κ1) is 18.9. The maximum absolute atomic E-state index is 13.0. The van der Waals surface area contributed by atoms with Crippen molar-refractivity contribution in [2.75, 3.05) is 6.61 Å². The van der Waals surface area contributed by atoms with Gasteiger partial charge in [0, 0.05) is 17.5 Å². The number of halogens is 1. The lowest BCUT2D eigenvalue weighted by atomic mass is 9.74. The molecule has 1 aromatic carbocycles. The van der Waals surface area contributed by atoms with Crippen LogP contribution in [0.25, 0.3) is 0 Å². The zero-order valence-electron chi connectivity index (χ0n) is 15.0. The highest BCUT2D eigenvalue weighted by Gasteiger charge is 2.38. The van der Waals surface area contributed by atoms with Crippen LogP contribution in [0.2, 0.25) is 0 Å². The Morgan fingerprint density at radius 3 is 2.29 bits per heavy atom. The quantitative estimate of drug-likeness (QED) is 0.775. The van der Waals surface area contributed by atoms with E-state index in [9.17, 15) is 14.3 Å². The van der Waals surface area contributed by atoms with Crippen molar-refractivity contribution in [3.05, 3.63) is 35.6 Å². The van der Waals surface area contributed by atoms with Gasteiger partial charge in [0.25, 0.3) is 0 Å². The predicted molar refractivity (Wildman–Crippen MR) is 93.0 cm³/mol. The summed E-state index contributed by atoms with van der Waals surface area (Å²) in [5.41, 5.74) is 0.707. The van der Waals surface area contributed by atoms with Gasteiger partial charge in [0.2, 0.25) is 5.91 Å². The fraction of sp³-hybridized carbons (Fsp3) is 0.632. The molecule has 4 nitrogen and oxygen atoms in total. The van der Waals surface area contributed by atoms with Crippen molar-refractivity contribution < 1.29 is 14.3 Å². The van der Waals surface area contributed by atoms with Gasteiger partial charge < -0.3 is 15.7 Å². The summed E-state index contributed by atoms with van der Waals surface area (Å²) in [7, 11) is 0. The molecular weight excluding hydrogens is 307 g/mol. The largest absolute Gasteiger partial charge is 0.394 e. The fourth-order valence-corrected chi connectivity index (χ4v) is 4.12. The molecule has 3 N–H and O–H groups in total. The summed E-state index contributed by atoms with van der Waals surface area (Å²) in [6.07, 6.45) is 2.31. The highest BCUT2D eigenvalue weighted by atomic mass is 19.1. The third kappa shape index (κ3) is 5.28. The molecule has 1 atom stereocenters. The Morgan fingerprint density at radius 2 is 1.79 bits per heavy atom. The molecule has 1 aliphatic rings. The number of piperidine rings is 1. The Kier molecular flexibility index (Phi) is 5.66. The van der Waals surface area contributed by atoms with E-state index in [2.05, 4.69) is 38.3 Å². The van der Waals surface area contributed by atoms with Crippen molar-refractivity contribution in [1.29, 1.82) is 0 Å². The van der Waals surface area contributed by atoms with Crippen LogP contribution in [0.4, 0.5) is 4.39 Å². The molecule has 1 aromatic rings. The van der Waals surface area contributed by atoms with Gasteiger partial charge >= 0.3 is 0 Å². The average Bonchev–Trinajstić information content (AvgIpc) is 2.42. The van der Waals surface area contributed by atoms with Crippen LogP contribution in [0, 0.1) is 11.7 Å². The highest BCUT2D eigenvalue weighted by molar-refractivity contribution is 5.76. The Labute approximate surface area is 143 Å². The molecule has 1 aliphatic heterocycles. The molecule has 24 heavy (non-hydrogen) atoms. The van der Waals surface area contributed by atoms with Crippen LogP contribution in [0.15, 0.2) is 24.3 Å². The second kappa shape index (κ2) is 7.19. The highest BCUT2D eigenvalue weighted by Crippen LogP contribution is 2.34. The van der Waals surface area contributed by atoms with Crippen molar-refractivity contribution in [1.82, 2.24) is 10.6 Å². The number of carbonyl (C=O) groups excluding carboxylic acids is 1. The molecule has 1 heterocycles. The molecule has 134 valence electrons. The van der Waals surface area contributed by atoms with E-state index in [4.69, 9.17) is 0 Å². The van der Waals surface area contributed by atoms with Crippen LogP contribution in [0.1, 0.15) is 58.6 Å². The second-order valence-corrected chi connectivity index (χ2v) is 8.23. The lowest BCUT2D eigenvalue weighted by Crippen LogP contribution is -2.58. The molecular formula is C19H29FN2O2. The lowest BCUT2D eigenvalue weighted by molar-refractivity contribution is -0.123. The number of carbonyl (C=O) groups is 1. The average molecular weight is 336 g/mol. The number of aliphatic hydroxyl groups excluding tert-OH is 1. The summed E-state index contributed by atoms with van der Waals surface area (Å²) < 4.78 is 13.0. The third-order valence-corrected chi connectivity index (χ3v) is 4.54. The second-order valence-electron chi connectivity index (χ2n) is 8.23. The number of hydrogen-bond acceptors (Lipinski definition) is 3. The summed E-state index contributed by atoms with van der Waals surface area (Å²) in [6, 6.07) is 5.35. The van der Waals surface area contributed by atoms with Crippen LogP contribution >= 0.6 is 0 Å². The summed E-state index contributed by atoms with van der Waals surface area (Å²) in [5.74, 6) is -0.110. The molecule has 0 radical (unpaired) electrons. The normalized spacial score (nSPS) is 21.2. The molecule has 0 aromatic heterocycles. The molecule has 0 saturated carbocycles. The van der Waals surface area contributed by atoms with Gasteiger partial charge in [0.05, 0.1) is 12.6 Å². The molecule has 0 unspecified atom stereocenters. The van der Waals surface area contributed by atoms with E-state index in [1.165, 1.54) is 12.1 Å². The van der Waals surface area contributed by atoms with E-state index in [0.29, 0.717) is 17.9 Å². The van der Waals surface area contributed by atoms with Crippen molar-refractivity contribution in [3.8, 4) is 0 Å². The van der Waals surface area contributed by atoms with Gasteiger partial charge in [-0.25, -0.2) is 4.39 Å². The van der Waals surface area contributed by atoms with Gasteiger partial charge in [-0.1, -0.05) is 12.1 Å². The molecule has 1 fully saturated rings. The van der Waals surface area contributed by atoms with Crippen LogP contribution < -0.4 is 10.6 Å². The number of hydrogen-bond donors (Lipinski definition) is 3. The summed E-state index contributed by atoms with van der Waals surface area (Å²) in [6.45, 7) is 8.43. The van der Waals surface area contributed by atoms with Crippen LogP contribution in [0.5, 0.6) is 0 Å². The van der Waals surface area contributed by atoms with Gasteiger partial charge in [-0.15, -0.1) is 0 Å². The van der Waals surface area contributed by atoms with Gasteiger partial charge in [-0.3, -0.25) is 4.79 Å². The Morgan fingerprint density at radius 1 is 1.25 bits per heavy atom. The van der Waals surface area contributed by atoms with Crippen molar-refractivity contribution in [2.24, 2.45) is 5.92 Å². The number of benzene rings is 1. The van der Waals surface area contributed by atoms with E-state index in [0.717, 1.165) is 12.8 Å². The number of amides is 1. The maximum atomic E-state index is 13.0. The number of rotatable bonds is 5. The molecule has 5 heteroatoms. The summed E-state index contributed by atoms with van der Waals surface area (Å²) >= 11 is 0. The van der Waals surface area contributed by atoms with Gasteiger partial charge in [0.15, 0.2) is 0 Å². The standard InChI is InChI=1S/C19H29FN2O2/c1-18(2)10-13(11-19(3,4)22-18)9-17(24)21-16(12-23)14-5-7-15(20)8-6-14/h5-8,13,16,22-23H,9-12H2,1-4H3,(H,21,24)/t16-/m0/s1. The monoisotopic (exact) mass is 336 g/mol. The third-order valence-electron chi connectivity index (χ3n) is 4.54. The fourth-order valence-electron chi connectivity index (χ4n) is 4.12. The lowest BCUT2D eigenvalue weighted by Gasteiger charge is -2.46. The minimum atomic E-state index is -0.499. The SMILES string of the molecule is CC1(C)CC(CC(=O)N[C@@H](CO)c2ccc(F)cc2)CC(C)(C)N1. The Hall–Kier alpha value is -1.46. The first-order chi connectivity index (χ1) is 11.1. The van der Waals surface area contributed by atoms with E-state index < -0.39 is 6.04 Å². The predicted octanol–water partition coefficient (Wildman–Crippen LogP) is 2.92. The summed E-state index contributed by atoms with van der Waals surface area (Å²) in [4.78, 5) is 12.4. The smallest absolute Gasteiger partial charge is 0.220 e. The summed E-state index contributed by atoms with van der Waals surface area (Å²) in [5, 5.41) is 16.0. The molecule has 2 rings (SSSR count). The molecule has 0 aliphatic carbocycles. The van der Waals surface area contributed by atoms with Gasteiger partial charge in [-0.05, 0) is 64.2 Å². The van der Waals surface area contributed by atoms with E-state index in [-0.39, 0.29) is 29.4 Å². The first-order valence-corrected chi connectivity index (χ1v) is 8.55. The molecule has 0 spiro atoms. The van der Waals surface area contributed by atoms with Crippen LogP contribution in [0.3, 0.4) is 0 Å². The zero-order valence-corrected chi connectivity index (χ0v) is 15.0. The Bertz CT molecular complexity index is 553. The van der Waals surface area contributed by atoms with Gasteiger partial charge in [0.1, 0.15) is 5.82 Å². The minimum absolute atomic E-state index is 0.0000333. The van der Waals surface area contributed by atoms with Crippen LogP contribution in [-0.2, 0) is 4.79 Å². The number of nitrogens with one attached hydrogen (secondary N) is 2. The van der Waals surface area contributed by atoms with Gasteiger partial charge in [-0.2, -0.15) is 0 Å². The van der Waals surface area contributed by atoms with Crippen molar-refractivity contribution in [2.45, 2.75) is 64.1 Å². The Balaban J connectivity index is 1.97. The topological polar surface area (TPSA) is 61.4 Å². The maximum Gasteiger partial charge on any atom is 0.220 e. The van der Waals surface area contributed by atoms with E-state index in [1.54, 1.807) is 12.1 Å². The van der Waals surface area contributed by atoms with Crippen molar-refractivity contribution >= 4 is 5.91 Å². The zero-order chi connectivity index (χ0) is 18.0. The number of aliphatic hydroxyl groups is 1. The first-order valence-electron chi connectivity index (χ1n) is 8.55. The molecule has 1 saturated heterocycles. The van der Waals surface area contributed by atoms with Crippen molar-refractivity contribution in [3.63, 3.8) is 0 Å². The van der Waals surface area contributed by atoms with E-state index >= 15 is 0 Å². The van der Waals surface area contributed by atoms with E-state index in [1.807, 2.05) is 0 Å². The molecule has 1 amide bonds. The van der Waals surface area contributed by atoms with Crippen LogP contribution in [-0.4, -0.2) is 28.7 Å².